The van der Waals surface area contributed by atoms with Crippen LogP contribution in [0.3, 0.4) is 0 Å². The Bertz CT molecular complexity index is 1380. The van der Waals surface area contributed by atoms with Gasteiger partial charge in [-0.1, -0.05) is 41.9 Å². The summed E-state index contributed by atoms with van der Waals surface area (Å²) in [6, 6.07) is 14.8. The van der Waals surface area contributed by atoms with Gasteiger partial charge in [-0.2, -0.15) is 18.3 Å². The second kappa shape index (κ2) is 7.88. The minimum absolute atomic E-state index is 0.0630. The number of nitrogens with zero attached hydrogens (tertiary/aromatic N) is 4. The highest BCUT2D eigenvalue weighted by atomic mass is 35.5. The van der Waals surface area contributed by atoms with Crippen LogP contribution in [0.1, 0.15) is 33.7 Å². The second-order valence-corrected chi connectivity index (χ2v) is 8.35. The Hall–Kier alpha value is -3.39. The van der Waals surface area contributed by atoms with Crippen LogP contribution in [-0.4, -0.2) is 27.0 Å². The summed E-state index contributed by atoms with van der Waals surface area (Å²) in [6.07, 6.45) is -3.10. The smallest absolute Gasteiger partial charge is 0.308 e. The van der Waals surface area contributed by atoms with Crippen molar-refractivity contribution in [3.63, 3.8) is 0 Å². The van der Waals surface area contributed by atoms with Crippen LogP contribution in [0.2, 0.25) is 5.02 Å². The van der Waals surface area contributed by atoms with Gasteiger partial charge < -0.3 is 4.90 Å². The van der Waals surface area contributed by atoms with E-state index in [0.29, 0.717) is 17.1 Å². The average Bonchev–Trinajstić information content (AvgIpc) is 3.13. The molecule has 3 heterocycles. The zero-order chi connectivity index (χ0) is 23.3. The lowest BCUT2D eigenvalue weighted by molar-refractivity contribution is -0.142. The number of hydrogen-bond donors (Lipinski definition) is 0. The zero-order valence-electron chi connectivity index (χ0n) is 17.5. The fourth-order valence-electron chi connectivity index (χ4n) is 4.22. The monoisotopic (exact) mass is 470 g/mol. The summed E-state index contributed by atoms with van der Waals surface area (Å²) in [5.74, 6) is -0.413. The molecule has 0 saturated heterocycles. The van der Waals surface area contributed by atoms with Crippen LogP contribution < -0.4 is 4.90 Å². The predicted molar refractivity (Wildman–Crippen MR) is 120 cm³/mol. The standard InChI is InChI=1S/C24H18ClF3N4O/c1-14-21(23(33)31-12-4-6-16-5-2-3-7-19(16)31)22-29-18(15-8-10-17(25)11-9-15)13-20(24(26,27)28)32(22)30-14/h2-3,5,7-11,13H,4,6,12H2,1H3. The van der Waals surface area contributed by atoms with Crippen molar-refractivity contribution >= 4 is 28.8 Å². The summed E-state index contributed by atoms with van der Waals surface area (Å²) >= 11 is 5.93. The first kappa shape index (κ1) is 21.5. The first-order valence-corrected chi connectivity index (χ1v) is 10.7. The van der Waals surface area contributed by atoms with Gasteiger partial charge in [0.2, 0.25) is 0 Å². The van der Waals surface area contributed by atoms with Crippen LogP contribution in [0, 0.1) is 6.92 Å². The van der Waals surface area contributed by atoms with Crippen LogP contribution >= 0.6 is 11.6 Å². The number of alkyl halides is 3. The highest BCUT2D eigenvalue weighted by Crippen LogP contribution is 2.35. The number of halogens is 4. The number of para-hydroxylation sites is 1. The Balaban J connectivity index is 1.72. The van der Waals surface area contributed by atoms with Crippen molar-refractivity contribution < 1.29 is 18.0 Å². The molecular weight excluding hydrogens is 453 g/mol. The molecule has 0 spiro atoms. The number of carbonyl (C=O) groups is 1. The van der Waals surface area contributed by atoms with Gasteiger partial charge >= 0.3 is 6.18 Å². The highest BCUT2D eigenvalue weighted by Gasteiger charge is 2.37. The molecule has 0 saturated carbocycles. The van der Waals surface area contributed by atoms with E-state index < -0.39 is 17.8 Å². The third-order valence-electron chi connectivity index (χ3n) is 5.76. The van der Waals surface area contributed by atoms with Crippen molar-refractivity contribution in [1.29, 1.82) is 0 Å². The first-order valence-electron chi connectivity index (χ1n) is 10.4. The van der Waals surface area contributed by atoms with Crippen LogP contribution in [0.5, 0.6) is 0 Å². The molecule has 0 N–H and O–H groups in total. The van der Waals surface area contributed by atoms with Gasteiger partial charge in [-0.05, 0) is 49.6 Å². The largest absolute Gasteiger partial charge is 0.433 e. The molecule has 5 nitrogen and oxygen atoms in total. The van der Waals surface area contributed by atoms with Gasteiger partial charge in [-0.25, -0.2) is 9.50 Å². The first-order chi connectivity index (χ1) is 15.7. The normalized spacial score (nSPS) is 13.9. The number of aromatic nitrogens is 3. The molecule has 33 heavy (non-hydrogen) atoms. The molecule has 168 valence electrons. The van der Waals surface area contributed by atoms with E-state index in [2.05, 4.69) is 10.1 Å². The molecule has 0 radical (unpaired) electrons. The lowest BCUT2D eigenvalue weighted by atomic mass is 10.0. The molecule has 5 rings (SSSR count). The van der Waals surface area contributed by atoms with E-state index in [1.54, 1.807) is 29.2 Å². The van der Waals surface area contributed by atoms with E-state index >= 15 is 0 Å². The summed E-state index contributed by atoms with van der Waals surface area (Å²) in [5.41, 5.74) is 1.45. The zero-order valence-corrected chi connectivity index (χ0v) is 18.3. The number of aryl methyl sites for hydroxylation is 2. The van der Waals surface area contributed by atoms with E-state index in [4.69, 9.17) is 11.6 Å². The van der Waals surface area contributed by atoms with E-state index in [-0.39, 0.29) is 22.6 Å². The molecular formula is C24H18ClF3N4O. The number of amides is 1. The number of carbonyl (C=O) groups excluding carboxylic acids is 1. The Morgan fingerprint density at radius 2 is 1.82 bits per heavy atom. The van der Waals surface area contributed by atoms with Crippen molar-refractivity contribution in [3.8, 4) is 11.3 Å². The fraction of sp³-hybridized carbons (Fsp3) is 0.208. The molecule has 0 bridgehead atoms. The molecule has 2 aromatic carbocycles. The Kier molecular flexibility index (Phi) is 5.12. The van der Waals surface area contributed by atoms with Crippen LogP contribution in [0.4, 0.5) is 18.9 Å². The minimum Gasteiger partial charge on any atom is -0.308 e. The Labute approximate surface area is 192 Å². The van der Waals surface area contributed by atoms with E-state index in [0.717, 1.165) is 34.7 Å². The highest BCUT2D eigenvalue weighted by molar-refractivity contribution is 6.30. The van der Waals surface area contributed by atoms with Gasteiger partial charge in [-0.15, -0.1) is 0 Å². The quantitative estimate of drug-likeness (QED) is 0.362. The molecule has 0 aliphatic carbocycles. The topological polar surface area (TPSA) is 50.5 Å². The molecule has 4 aromatic rings. The van der Waals surface area contributed by atoms with Crippen molar-refractivity contribution in [2.24, 2.45) is 0 Å². The number of benzene rings is 2. The van der Waals surface area contributed by atoms with E-state index in [9.17, 15) is 18.0 Å². The SMILES string of the molecule is Cc1nn2c(C(F)(F)F)cc(-c3ccc(Cl)cc3)nc2c1C(=O)N1CCCc2ccccc21. The molecule has 0 unspecified atom stereocenters. The van der Waals surface area contributed by atoms with Gasteiger partial charge in [0.1, 0.15) is 5.56 Å². The predicted octanol–water partition coefficient (Wildman–Crippen LogP) is 5.97. The maximum absolute atomic E-state index is 14.0. The van der Waals surface area contributed by atoms with Crippen molar-refractivity contribution in [2.75, 3.05) is 11.4 Å². The summed E-state index contributed by atoms with van der Waals surface area (Å²) < 4.78 is 42.6. The van der Waals surface area contributed by atoms with Crippen molar-refractivity contribution in [1.82, 2.24) is 14.6 Å². The number of anilines is 1. The molecule has 0 atom stereocenters. The lowest BCUT2D eigenvalue weighted by Crippen LogP contribution is -2.35. The van der Waals surface area contributed by atoms with E-state index in [1.807, 2.05) is 24.3 Å². The average molecular weight is 471 g/mol. The molecule has 1 amide bonds. The summed E-state index contributed by atoms with van der Waals surface area (Å²) in [7, 11) is 0. The summed E-state index contributed by atoms with van der Waals surface area (Å²) in [6.45, 7) is 2.00. The Morgan fingerprint density at radius 1 is 1.09 bits per heavy atom. The lowest BCUT2D eigenvalue weighted by Gasteiger charge is -2.29. The minimum atomic E-state index is -4.70. The molecule has 1 aliphatic heterocycles. The fourth-order valence-corrected chi connectivity index (χ4v) is 4.35. The third-order valence-corrected chi connectivity index (χ3v) is 6.02. The number of hydrogen-bond acceptors (Lipinski definition) is 3. The number of fused-ring (bicyclic) bond motifs is 2. The van der Waals surface area contributed by atoms with Crippen LogP contribution in [0.25, 0.3) is 16.9 Å². The van der Waals surface area contributed by atoms with Crippen LogP contribution in [0.15, 0.2) is 54.6 Å². The number of rotatable bonds is 2. The summed E-state index contributed by atoms with van der Waals surface area (Å²) in [4.78, 5) is 19.7. The molecule has 2 aromatic heterocycles. The molecule has 1 aliphatic rings. The molecule has 9 heteroatoms. The van der Waals surface area contributed by atoms with Gasteiger partial charge in [0, 0.05) is 22.8 Å². The second-order valence-electron chi connectivity index (χ2n) is 7.92. The van der Waals surface area contributed by atoms with Crippen LogP contribution in [-0.2, 0) is 12.6 Å². The van der Waals surface area contributed by atoms with E-state index in [1.165, 1.54) is 6.92 Å². The van der Waals surface area contributed by atoms with Gasteiger partial charge in [0.25, 0.3) is 5.91 Å². The molecule has 0 fully saturated rings. The summed E-state index contributed by atoms with van der Waals surface area (Å²) in [5, 5.41) is 4.52. The third kappa shape index (κ3) is 3.74. The maximum Gasteiger partial charge on any atom is 0.433 e. The van der Waals surface area contributed by atoms with Crippen molar-refractivity contribution in [2.45, 2.75) is 25.9 Å². The van der Waals surface area contributed by atoms with Gasteiger partial charge in [0.05, 0.1) is 11.4 Å². The van der Waals surface area contributed by atoms with Gasteiger partial charge in [-0.3, -0.25) is 4.79 Å². The van der Waals surface area contributed by atoms with Gasteiger partial charge in [0.15, 0.2) is 11.3 Å². The Morgan fingerprint density at radius 3 is 2.55 bits per heavy atom. The maximum atomic E-state index is 14.0. The van der Waals surface area contributed by atoms with Crippen molar-refractivity contribution in [3.05, 3.63) is 82.1 Å².